The van der Waals surface area contributed by atoms with Gasteiger partial charge in [0.05, 0.1) is 12.2 Å². The number of hydrogen-bond donors (Lipinski definition) is 2. The van der Waals surface area contributed by atoms with E-state index in [1.165, 1.54) is 0 Å². The van der Waals surface area contributed by atoms with Gasteiger partial charge in [-0.05, 0) is 49.4 Å². The van der Waals surface area contributed by atoms with Gasteiger partial charge in [0.25, 0.3) is 5.91 Å². The van der Waals surface area contributed by atoms with Crippen LogP contribution in [0.2, 0.25) is 0 Å². The van der Waals surface area contributed by atoms with Crippen molar-refractivity contribution >= 4 is 33.5 Å². The van der Waals surface area contributed by atoms with Gasteiger partial charge in [0.2, 0.25) is 5.95 Å². The smallest absolute Gasteiger partial charge is 0.270 e. The second-order valence-corrected chi connectivity index (χ2v) is 6.27. The standard InChI is InChI=1S/C18H16BrN5O/c1-12-10-16(17(25)21-11-15-4-2-3-9-20-15)24-18(22-12)23-14-7-5-13(19)6-8-14/h2-10H,11H2,1H3,(H,21,25)(H,22,23,24). The number of aryl methyl sites for hydroxylation is 1. The Bertz CT molecular complexity index is 868. The predicted molar refractivity (Wildman–Crippen MR) is 99.6 cm³/mol. The minimum Gasteiger partial charge on any atom is -0.345 e. The van der Waals surface area contributed by atoms with Gasteiger partial charge in [0, 0.05) is 22.1 Å². The molecule has 25 heavy (non-hydrogen) atoms. The first kappa shape index (κ1) is 17.0. The zero-order valence-electron chi connectivity index (χ0n) is 13.5. The van der Waals surface area contributed by atoms with E-state index in [0.29, 0.717) is 23.9 Å². The summed E-state index contributed by atoms with van der Waals surface area (Å²) in [6, 6.07) is 14.8. The van der Waals surface area contributed by atoms with Gasteiger partial charge in [0.1, 0.15) is 5.69 Å². The summed E-state index contributed by atoms with van der Waals surface area (Å²) >= 11 is 3.39. The highest BCUT2D eigenvalue weighted by atomic mass is 79.9. The number of benzene rings is 1. The van der Waals surface area contributed by atoms with Crippen LogP contribution in [0.1, 0.15) is 21.9 Å². The van der Waals surface area contributed by atoms with Crippen LogP contribution < -0.4 is 10.6 Å². The van der Waals surface area contributed by atoms with Crippen molar-refractivity contribution in [2.24, 2.45) is 0 Å². The minimum absolute atomic E-state index is 0.269. The molecule has 0 bridgehead atoms. The number of carbonyl (C=O) groups is 1. The Kier molecular flexibility index (Phi) is 5.35. The molecule has 2 N–H and O–H groups in total. The molecule has 2 heterocycles. The predicted octanol–water partition coefficient (Wildman–Crippen LogP) is 3.62. The summed E-state index contributed by atoms with van der Waals surface area (Å²) in [5.74, 6) is 0.111. The molecule has 1 amide bonds. The zero-order valence-corrected chi connectivity index (χ0v) is 15.1. The highest BCUT2D eigenvalue weighted by Gasteiger charge is 2.11. The van der Waals surface area contributed by atoms with Crippen molar-refractivity contribution in [1.29, 1.82) is 0 Å². The normalized spacial score (nSPS) is 10.3. The van der Waals surface area contributed by atoms with Crippen LogP contribution in [0.4, 0.5) is 11.6 Å². The summed E-state index contributed by atoms with van der Waals surface area (Å²) < 4.78 is 0.984. The molecule has 0 atom stereocenters. The Morgan fingerprint density at radius 3 is 2.64 bits per heavy atom. The van der Waals surface area contributed by atoms with Crippen LogP contribution >= 0.6 is 15.9 Å². The molecule has 0 aliphatic heterocycles. The van der Waals surface area contributed by atoms with E-state index in [1.54, 1.807) is 12.3 Å². The van der Waals surface area contributed by atoms with E-state index in [-0.39, 0.29) is 5.91 Å². The van der Waals surface area contributed by atoms with Gasteiger partial charge in [-0.1, -0.05) is 22.0 Å². The largest absolute Gasteiger partial charge is 0.345 e. The van der Waals surface area contributed by atoms with Crippen molar-refractivity contribution < 1.29 is 4.79 Å². The van der Waals surface area contributed by atoms with Crippen LogP contribution in [0.25, 0.3) is 0 Å². The van der Waals surface area contributed by atoms with Gasteiger partial charge in [-0.3, -0.25) is 9.78 Å². The van der Waals surface area contributed by atoms with E-state index in [9.17, 15) is 4.79 Å². The molecule has 0 unspecified atom stereocenters. The zero-order chi connectivity index (χ0) is 17.6. The van der Waals surface area contributed by atoms with Crippen molar-refractivity contribution in [2.75, 3.05) is 5.32 Å². The number of nitrogens with one attached hydrogen (secondary N) is 2. The molecule has 0 aliphatic carbocycles. The lowest BCUT2D eigenvalue weighted by Crippen LogP contribution is -2.24. The lowest BCUT2D eigenvalue weighted by molar-refractivity contribution is 0.0945. The molecule has 6 nitrogen and oxygen atoms in total. The Balaban J connectivity index is 1.72. The maximum atomic E-state index is 12.4. The molecule has 3 rings (SSSR count). The van der Waals surface area contributed by atoms with Crippen molar-refractivity contribution in [2.45, 2.75) is 13.5 Å². The Hall–Kier alpha value is -2.80. The second kappa shape index (κ2) is 7.85. The average Bonchev–Trinajstić information content (AvgIpc) is 2.62. The second-order valence-electron chi connectivity index (χ2n) is 5.35. The number of hydrogen-bond acceptors (Lipinski definition) is 5. The van der Waals surface area contributed by atoms with E-state index in [4.69, 9.17) is 0 Å². The molecule has 0 saturated carbocycles. The van der Waals surface area contributed by atoms with Gasteiger partial charge in [-0.2, -0.15) is 0 Å². The van der Waals surface area contributed by atoms with Crippen molar-refractivity contribution in [1.82, 2.24) is 20.3 Å². The average molecular weight is 398 g/mol. The van der Waals surface area contributed by atoms with Gasteiger partial charge in [-0.25, -0.2) is 9.97 Å². The number of anilines is 2. The third-order valence-corrected chi connectivity index (χ3v) is 3.87. The molecule has 126 valence electrons. The number of rotatable bonds is 5. The molecule has 0 spiro atoms. The van der Waals surface area contributed by atoms with Crippen molar-refractivity contribution in [3.63, 3.8) is 0 Å². The SMILES string of the molecule is Cc1cc(C(=O)NCc2ccccn2)nc(Nc2ccc(Br)cc2)n1. The van der Waals surface area contributed by atoms with Crippen LogP contribution in [0.15, 0.2) is 59.2 Å². The summed E-state index contributed by atoms with van der Waals surface area (Å²) in [6.07, 6.45) is 1.69. The van der Waals surface area contributed by atoms with Gasteiger partial charge in [-0.15, -0.1) is 0 Å². The van der Waals surface area contributed by atoms with E-state index < -0.39 is 0 Å². The van der Waals surface area contributed by atoms with E-state index in [1.807, 2.05) is 49.4 Å². The van der Waals surface area contributed by atoms with E-state index in [2.05, 4.69) is 41.5 Å². The Morgan fingerprint density at radius 2 is 1.92 bits per heavy atom. The molecular formula is C18H16BrN5O. The molecule has 3 aromatic rings. The van der Waals surface area contributed by atoms with E-state index >= 15 is 0 Å². The fraction of sp³-hybridized carbons (Fsp3) is 0.111. The maximum Gasteiger partial charge on any atom is 0.270 e. The Morgan fingerprint density at radius 1 is 1.12 bits per heavy atom. The number of aromatic nitrogens is 3. The van der Waals surface area contributed by atoms with Crippen LogP contribution in [0.5, 0.6) is 0 Å². The topological polar surface area (TPSA) is 79.8 Å². The monoisotopic (exact) mass is 397 g/mol. The van der Waals surface area contributed by atoms with Gasteiger partial charge >= 0.3 is 0 Å². The highest BCUT2D eigenvalue weighted by molar-refractivity contribution is 9.10. The molecule has 0 saturated heterocycles. The summed E-state index contributed by atoms with van der Waals surface area (Å²) in [6.45, 7) is 2.17. The molecule has 2 aromatic heterocycles. The third kappa shape index (κ3) is 4.84. The number of carbonyl (C=O) groups excluding carboxylic acids is 1. The van der Waals surface area contributed by atoms with Crippen LogP contribution in [-0.4, -0.2) is 20.9 Å². The van der Waals surface area contributed by atoms with Crippen molar-refractivity contribution in [3.8, 4) is 0 Å². The quantitative estimate of drug-likeness (QED) is 0.687. The molecule has 0 radical (unpaired) electrons. The molecular weight excluding hydrogens is 382 g/mol. The highest BCUT2D eigenvalue weighted by Crippen LogP contribution is 2.17. The fourth-order valence-electron chi connectivity index (χ4n) is 2.17. The number of halogens is 1. The lowest BCUT2D eigenvalue weighted by Gasteiger charge is -2.09. The molecule has 0 fully saturated rings. The van der Waals surface area contributed by atoms with Crippen LogP contribution in [0.3, 0.4) is 0 Å². The van der Waals surface area contributed by atoms with Crippen molar-refractivity contribution in [3.05, 3.63) is 76.3 Å². The van der Waals surface area contributed by atoms with Gasteiger partial charge in [0.15, 0.2) is 0 Å². The first-order chi connectivity index (χ1) is 12.1. The summed E-state index contributed by atoms with van der Waals surface area (Å²) in [5, 5.41) is 5.92. The van der Waals surface area contributed by atoms with E-state index in [0.717, 1.165) is 15.9 Å². The summed E-state index contributed by atoms with van der Waals surface area (Å²) in [5.41, 5.74) is 2.64. The first-order valence-electron chi connectivity index (χ1n) is 7.66. The fourth-order valence-corrected chi connectivity index (χ4v) is 2.43. The number of nitrogens with zero attached hydrogens (tertiary/aromatic N) is 3. The third-order valence-electron chi connectivity index (χ3n) is 3.34. The number of pyridine rings is 1. The lowest BCUT2D eigenvalue weighted by atomic mass is 10.3. The molecule has 1 aromatic carbocycles. The van der Waals surface area contributed by atoms with Gasteiger partial charge < -0.3 is 10.6 Å². The van der Waals surface area contributed by atoms with Crippen LogP contribution in [0, 0.1) is 6.92 Å². The minimum atomic E-state index is -0.269. The van der Waals surface area contributed by atoms with Crippen LogP contribution in [-0.2, 0) is 6.54 Å². The molecule has 0 aliphatic rings. The summed E-state index contributed by atoms with van der Waals surface area (Å²) in [7, 11) is 0. The Labute approximate surface area is 153 Å². The first-order valence-corrected chi connectivity index (χ1v) is 8.46. The number of amides is 1. The molecule has 7 heteroatoms. The maximum absolute atomic E-state index is 12.4. The summed E-state index contributed by atoms with van der Waals surface area (Å²) in [4.78, 5) is 25.2.